The lowest BCUT2D eigenvalue weighted by Crippen LogP contribution is -2.16. The van der Waals surface area contributed by atoms with Crippen LogP contribution in [-0.4, -0.2) is 29.3 Å². The molecule has 3 N–H and O–H groups in total. The second-order valence-corrected chi connectivity index (χ2v) is 4.60. The fourth-order valence-electron chi connectivity index (χ4n) is 1.69. The van der Waals surface area contributed by atoms with Gasteiger partial charge in [0.15, 0.2) is 0 Å². The summed E-state index contributed by atoms with van der Waals surface area (Å²) in [5, 5.41) is 20.9. The smallest absolute Gasteiger partial charge is 0.371 e. The molecule has 1 aromatic rings. The van der Waals surface area contributed by atoms with Crippen LogP contribution in [0.2, 0.25) is 0 Å². The molecule has 0 bridgehead atoms. The second kappa shape index (κ2) is 7.18. The zero-order valence-corrected chi connectivity index (χ0v) is 10.9. The summed E-state index contributed by atoms with van der Waals surface area (Å²) in [7, 11) is 0. The van der Waals surface area contributed by atoms with Crippen molar-refractivity contribution in [1.82, 2.24) is 5.32 Å². The molecular formula is C13H21NO4. The minimum absolute atomic E-state index is 0.0156. The first-order valence-corrected chi connectivity index (χ1v) is 6.18. The predicted octanol–water partition coefficient (Wildman–Crippen LogP) is 1.78. The van der Waals surface area contributed by atoms with E-state index in [1.54, 1.807) is 13.0 Å². The van der Waals surface area contributed by atoms with Gasteiger partial charge in [-0.3, -0.25) is 0 Å². The van der Waals surface area contributed by atoms with Crippen LogP contribution in [0.4, 0.5) is 0 Å². The minimum Gasteiger partial charge on any atom is -0.475 e. The number of nitrogens with one attached hydrogen (secondary N) is 1. The Bertz CT molecular complexity index is 386. The van der Waals surface area contributed by atoms with Gasteiger partial charge in [0.1, 0.15) is 5.76 Å². The molecule has 102 valence electrons. The van der Waals surface area contributed by atoms with Crippen LogP contribution >= 0.6 is 0 Å². The van der Waals surface area contributed by atoms with Crippen molar-refractivity contribution in [2.24, 2.45) is 5.92 Å². The van der Waals surface area contributed by atoms with Crippen molar-refractivity contribution in [3.63, 3.8) is 0 Å². The number of aliphatic hydroxyl groups is 1. The molecule has 0 aromatic carbocycles. The van der Waals surface area contributed by atoms with Crippen molar-refractivity contribution in [3.05, 3.63) is 23.2 Å². The molecule has 1 aromatic heterocycles. The van der Waals surface area contributed by atoms with Crippen molar-refractivity contribution >= 4 is 5.97 Å². The number of aromatic carboxylic acids is 1. The number of hydrogen-bond acceptors (Lipinski definition) is 4. The lowest BCUT2D eigenvalue weighted by Gasteiger charge is -2.07. The molecule has 1 unspecified atom stereocenters. The quantitative estimate of drug-likeness (QED) is 0.617. The molecular weight excluding hydrogens is 234 g/mol. The molecule has 0 saturated carbocycles. The molecule has 18 heavy (non-hydrogen) atoms. The van der Waals surface area contributed by atoms with Gasteiger partial charge < -0.3 is 19.9 Å². The summed E-state index contributed by atoms with van der Waals surface area (Å²) in [4.78, 5) is 10.7. The van der Waals surface area contributed by atoms with Gasteiger partial charge in [0.2, 0.25) is 5.76 Å². The van der Waals surface area contributed by atoms with Crippen LogP contribution in [0.25, 0.3) is 0 Å². The summed E-state index contributed by atoms with van der Waals surface area (Å²) in [6, 6.07) is 1.56. The molecule has 0 spiro atoms. The van der Waals surface area contributed by atoms with E-state index in [-0.39, 0.29) is 12.4 Å². The molecule has 0 radical (unpaired) electrons. The van der Waals surface area contributed by atoms with Gasteiger partial charge in [-0.25, -0.2) is 4.79 Å². The Labute approximate surface area is 107 Å². The van der Waals surface area contributed by atoms with E-state index in [4.69, 9.17) is 14.6 Å². The van der Waals surface area contributed by atoms with Gasteiger partial charge in [-0.05, 0) is 38.3 Å². The number of carboxylic acid groups (broad SMARTS) is 1. The van der Waals surface area contributed by atoms with Gasteiger partial charge in [-0.15, -0.1) is 0 Å². The fraction of sp³-hybridized carbons (Fsp3) is 0.615. The third-order valence-corrected chi connectivity index (χ3v) is 2.91. The van der Waals surface area contributed by atoms with Crippen molar-refractivity contribution in [2.45, 2.75) is 33.2 Å². The van der Waals surface area contributed by atoms with Crippen LogP contribution in [0, 0.1) is 12.8 Å². The molecule has 0 aliphatic heterocycles. The van der Waals surface area contributed by atoms with Crippen LogP contribution in [0.3, 0.4) is 0 Å². The lowest BCUT2D eigenvalue weighted by molar-refractivity contribution is 0.0661. The standard InChI is InChI=1S/C13H21NO4/c1-9(8-15)4-3-5-14-7-11-6-12(13(16)17)18-10(11)2/h6,9,14-15H,3-5,7-8H2,1-2H3,(H,16,17). The van der Waals surface area contributed by atoms with Gasteiger partial charge in [0.05, 0.1) is 0 Å². The number of aliphatic hydroxyl groups excluding tert-OH is 1. The van der Waals surface area contributed by atoms with Crippen LogP contribution < -0.4 is 5.32 Å². The highest BCUT2D eigenvalue weighted by Gasteiger charge is 2.12. The maximum Gasteiger partial charge on any atom is 0.371 e. The molecule has 1 rings (SSSR count). The largest absolute Gasteiger partial charge is 0.475 e. The lowest BCUT2D eigenvalue weighted by atomic mass is 10.1. The van der Waals surface area contributed by atoms with E-state index in [0.717, 1.165) is 24.9 Å². The van der Waals surface area contributed by atoms with E-state index in [1.165, 1.54) is 0 Å². The Morgan fingerprint density at radius 3 is 2.83 bits per heavy atom. The predicted molar refractivity (Wildman–Crippen MR) is 67.6 cm³/mol. The summed E-state index contributed by atoms with van der Waals surface area (Å²) < 4.78 is 5.12. The highest BCUT2D eigenvalue weighted by Crippen LogP contribution is 2.14. The summed E-state index contributed by atoms with van der Waals surface area (Å²) in [6.45, 7) is 5.45. The average Bonchev–Trinajstić information content (AvgIpc) is 2.70. The van der Waals surface area contributed by atoms with Gasteiger partial charge >= 0.3 is 5.97 Å². The topological polar surface area (TPSA) is 82.7 Å². The van der Waals surface area contributed by atoms with E-state index in [0.29, 0.717) is 18.2 Å². The van der Waals surface area contributed by atoms with Crippen LogP contribution in [0.1, 0.15) is 41.6 Å². The monoisotopic (exact) mass is 255 g/mol. The van der Waals surface area contributed by atoms with Crippen molar-refractivity contribution in [3.8, 4) is 0 Å². The first-order chi connectivity index (χ1) is 8.54. The number of hydrogen-bond donors (Lipinski definition) is 3. The van der Waals surface area contributed by atoms with Crippen molar-refractivity contribution in [2.75, 3.05) is 13.2 Å². The Morgan fingerprint density at radius 1 is 1.56 bits per heavy atom. The Kier molecular flexibility index (Phi) is 5.88. The minimum atomic E-state index is -1.04. The Hall–Kier alpha value is -1.33. The summed E-state index contributed by atoms with van der Waals surface area (Å²) in [6.07, 6.45) is 1.97. The zero-order chi connectivity index (χ0) is 13.5. The van der Waals surface area contributed by atoms with Crippen LogP contribution in [0.15, 0.2) is 10.5 Å². The summed E-state index contributed by atoms with van der Waals surface area (Å²) >= 11 is 0. The molecule has 0 saturated heterocycles. The number of aryl methyl sites for hydroxylation is 1. The molecule has 1 atom stereocenters. The number of furan rings is 1. The molecule has 0 fully saturated rings. The first-order valence-electron chi connectivity index (χ1n) is 6.18. The Balaban J connectivity index is 2.29. The number of carbonyl (C=O) groups is 1. The van der Waals surface area contributed by atoms with Gasteiger partial charge in [0.25, 0.3) is 0 Å². The maximum absolute atomic E-state index is 10.7. The molecule has 0 aliphatic carbocycles. The SMILES string of the molecule is Cc1oc(C(=O)O)cc1CNCCCC(C)CO. The zero-order valence-electron chi connectivity index (χ0n) is 10.9. The van der Waals surface area contributed by atoms with E-state index >= 15 is 0 Å². The van der Waals surface area contributed by atoms with Crippen LogP contribution in [0.5, 0.6) is 0 Å². The fourth-order valence-corrected chi connectivity index (χ4v) is 1.69. The van der Waals surface area contributed by atoms with Crippen LogP contribution in [-0.2, 0) is 6.54 Å². The average molecular weight is 255 g/mol. The molecule has 0 amide bonds. The molecule has 0 aliphatic rings. The van der Waals surface area contributed by atoms with E-state index < -0.39 is 5.97 Å². The van der Waals surface area contributed by atoms with E-state index in [1.807, 2.05) is 6.92 Å². The van der Waals surface area contributed by atoms with Gasteiger partial charge in [-0.1, -0.05) is 6.92 Å². The van der Waals surface area contributed by atoms with E-state index in [9.17, 15) is 4.79 Å². The summed E-state index contributed by atoms with van der Waals surface area (Å²) in [5.41, 5.74) is 0.877. The second-order valence-electron chi connectivity index (χ2n) is 4.60. The van der Waals surface area contributed by atoms with Crippen molar-refractivity contribution < 1.29 is 19.4 Å². The van der Waals surface area contributed by atoms with E-state index in [2.05, 4.69) is 5.32 Å². The highest BCUT2D eigenvalue weighted by molar-refractivity contribution is 5.84. The Morgan fingerprint density at radius 2 is 2.28 bits per heavy atom. The molecule has 5 heteroatoms. The third kappa shape index (κ3) is 4.50. The van der Waals surface area contributed by atoms with Gasteiger partial charge in [-0.2, -0.15) is 0 Å². The van der Waals surface area contributed by atoms with Crippen molar-refractivity contribution in [1.29, 1.82) is 0 Å². The molecule has 5 nitrogen and oxygen atoms in total. The highest BCUT2D eigenvalue weighted by atomic mass is 16.4. The molecule has 1 heterocycles. The number of rotatable bonds is 8. The van der Waals surface area contributed by atoms with Gasteiger partial charge in [0, 0.05) is 18.7 Å². The maximum atomic E-state index is 10.7. The number of carboxylic acids is 1. The summed E-state index contributed by atoms with van der Waals surface area (Å²) in [5.74, 6) is -0.0796. The normalized spacial score (nSPS) is 12.6. The third-order valence-electron chi connectivity index (χ3n) is 2.91. The first kappa shape index (κ1) is 14.7.